The summed E-state index contributed by atoms with van der Waals surface area (Å²) in [5, 5.41) is 5.12. The van der Waals surface area contributed by atoms with Crippen LogP contribution in [0.15, 0.2) is 18.2 Å². The van der Waals surface area contributed by atoms with E-state index in [2.05, 4.69) is 37.9 Å². The SMILES string of the molecule is CCN(CC)CCCC(C)NC(C)c1cc(Cl)ccc1Cl. The predicted octanol–water partition coefficient (Wildman–Crippen LogP) is 5.15. The number of nitrogens with zero attached hydrogens (tertiary/aromatic N) is 1. The largest absolute Gasteiger partial charge is 0.308 e. The number of nitrogens with one attached hydrogen (secondary N) is 1. The van der Waals surface area contributed by atoms with Crippen molar-refractivity contribution in [2.24, 2.45) is 0 Å². The van der Waals surface area contributed by atoms with Crippen molar-refractivity contribution in [1.29, 1.82) is 0 Å². The van der Waals surface area contributed by atoms with Crippen molar-refractivity contribution < 1.29 is 0 Å². The molecule has 0 aliphatic heterocycles. The highest BCUT2D eigenvalue weighted by Gasteiger charge is 2.13. The van der Waals surface area contributed by atoms with Gasteiger partial charge in [0, 0.05) is 22.1 Å². The average molecular weight is 331 g/mol. The lowest BCUT2D eigenvalue weighted by Gasteiger charge is -2.23. The zero-order chi connectivity index (χ0) is 15.8. The Hall–Kier alpha value is -0.280. The third-order valence-electron chi connectivity index (χ3n) is 3.96. The normalized spacial score (nSPS) is 14.4. The summed E-state index contributed by atoms with van der Waals surface area (Å²) in [4.78, 5) is 2.46. The zero-order valence-corrected chi connectivity index (χ0v) is 15.1. The summed E-state index contributed by atoms with van der Waals surface area (Å²) >= 11 is 12.3. The average Bonchev–Trinajstić information content (AvgIpc) is 2.46. The van der Waals surface area contributed by atoms with E-state index < -0.39 is 0 Å². The van der Waals surface area contributed by atoms with Crippen LogP contribution in [0.2, 0.25) is 10.0 Å². The van der Waals surface area contributed by atoms with Gasteiger partial charge in [0.25, 0.3) is 0 Å². The molecule has 4 heteroatoms. The molecule has 120 valence electrons. The molecule has 2 unspecified atom stereocenters. The first-order valence-corrected chi connectivity index (χ1v) is 8.66. The minimum atomic E-state index is 0.208. The molecule has 0 heterocycles. The fraction of sp³-hybridized carbons (Fsp3) is 0.647. The molecule has 1 rings (SSSR count). The molecule has 1 aromatic carbocycles. The van der Waals surface area contributed by atoms with Gasteiger partial charge in [0.05, 0.1) is 0 Å². The highest BCUT2D eigenvalue weighted by molar-refractivity contribution is 6.33. The van der Waals surface area contributed by atoms with E-state index in [1.54, 1.807) is 0 Å². The van der Waals surface area contributed by atoms with Crippen LogP contribution >= 0.6 is 23.2 Å². The number of benzene rings is 1. The van der Waals surface area contributed by atoms with Crippen molar-refractivity contribution in [1.82, 2.24) is 10.2 Å². The Morgan fingerprint density at radius 2 is 1.81 bits per heavy atom. The van der Waals surface area contributed by atoms with Gasteiger partial charge in [-0.05, 0) is 70.1 Å². The summed E-state index contributed by atoms with van der Waals surface area (Å²) < 4.78 is 0. The van der Waals surface area contributed by atoms with Gasteiger partial charge in [-0.2, -0.15) is 0 Å². The summed E-state index contributed by atoms with van der Waals surface area (Å²) in [6.07, 6.45) is 2.38. The first-order valence-electron chi connectivity index (χ1n) is 7.91. The summed E-state index contributed by atoms with van der Waals surface area (Å²) in [5.41, 5.74) is 1.07. The van der Waals surface area contributed by atoms with Crippen molar-refractivity contribution in [3.8, 4) is 0 Å². The maximum Gasteiger partial charge on any atom is 0.0454 e. The van der Waals surface area contributed by atoms with Crippen molar-refractivity contribution in [2.75, 3.05) is 19.6 Å². The quantitative estimate of drug-likeness (QED) is 0.673. The molecule has 0 amide bonds. The van der Waals surface area contributed by atoms with Gasteiger partial charge in [-0.3, -0.25) is 0 Å². The smallest absolute Gasteiger partial charge is 0.0454 e. The number of hydrogen-bond acceptors (Lipinski definition) is 2. The maximum atomic E-state index is 6.25. The standard InChI is InChI=1S/C17H28Cl2N2/c1-5-21(6-2)11-7-8-13(3)20-14(4)16-12-15(18)9-10-17(16)19/h9-10,12-14,20H,5-8,11H2,1-4H3. The highest BCUT2D eigenvalue weighted by Crippen LogP contribution is 2.26. The minimum absolute atomic E-state index is 0.208. The van der Waals surface area contributed by atoms with Gasteiger partial charge >= 0.3 is 0 Å². The summed E-state index contributed by atoms with van der Waals surface area (Å²) in [6, 6.07) is 6.31. The first-order chi connectivity index (χ1) is 9.97. The van der Waals surface area contributed by atoms with E-state index in [4.69, 9.17) is 23.2 Å². The van der Waals surface area contributed by atoms with E-state index in [0.29, 0.717) is 6.04 Å². The Bertz CT molecular complexity index is 419. The molecule has 0 saturated heterocycles. The van der Waals surface area contributed by atoms with Crippen LogP contribution in [0.3, 0.4) is 0 Å². The summed E-state index contributed by atoms with van der Waals surface area (Å²) in [6.45, 7) is 12.2. The Morgan fingerprint density at radius 1 is 1.14 bits per heavy atom. The Labute approximate surface area is 139 Å². The van der Waals surface area contributed by atoms with Crippen LogP contribution in [0.1, 0.15) is 52.1 Å². The van der Waals surface area contributed by atoms with Crippen LogP contribution in [0.4, 0.5) is 0 Å². The maximum absolute atomic E-state index is 6.25. The van der Waals surface area contributed by atoms with Crippen LogP contribution < -0.4 is 5.32 Å². The van der Waals surface area contributed by atoms with E-state index in [1.165, 1.54) is 19.4 Å². The van der Waals surface area contributed by atoms with Gasteiger partial charge in [0.1, 0.15) is 0 Å². The second kappa shape index (κ2) is 9.68. The fourth-order valence-corrected chi connectivity index (χ4v) is 3.07. The van der Waals surface area contributed by atoms with E-state index >= 15 is 0 Å². The van der Waals surface area contributed by atoms with Crippen molar-refractivity contribution in [3.05, 3.63) is 33.8 Å². The topological polar surface area (TPSA) is 15.3 Å². The molecular formula is C17H28Cl2N2. The second-order valence-electron chi connectivity index (χ2n) is 5.62. The Kier molecular flexibility index (Phi) is 8.65. The molecule has 0 aliphatic rings. The van der Waals surface area contributed by atoms with Crippen LogP contribution in [0.5, 0.6) is 0 Å². The van der Waals surface area contributed by atoms with Gasteiger partial charge in [-0.25, -0.2) is 0 Å². The van der Waals surface area contributed by atoms with E-state index in [-0.39, 0.29) is 6.04 Å². The molecule has 0 spiro atoms. The van der Waals surface area contributed by atoms with E-state index in [0.717, 1.165) is 28.7 Å². The molecule has 0 aromatic heterocycles. The molecule has 0 radical (unpaired) electrons. The number of hydrogen-bond donors (Lipinski definition) is 1. The lowest BCUT2D eigenvalue weighted by molar-refractivity contribution is 0.288. The third-order valence-corrected chi connectivity index (χ3v) is 4.54. The molecule has 1 aromatic rings. The van der Waals surface area contributed by atoms with Gasteiger partial charge in [0.2, 0.25) is 0 Å². The lowest BCUT2D eigenvalue weighted by atomic mass is 10.1. The van der Waals surface area contributed by atoms with Crippen LogP contribution in [-0.4, -0.2) is 30.6 Å². The van der Waals surface area contributed by atoms with Gasteiger partial charge < -0.3 is 10.2 Å². The van der Waals surface area contributed by atoms with Gasteiger partial charge in [-0.1, -0.05) is 37.0 Å². The molecule has 0 saturated carbocycles. The third kappa shape index (κ3) is 6.56. The Balaban J connectivity index is 2.43. The molecular weight excluding hydrogens is 303 g/mol. The molecule has 0 fully saturated rings. The monoisotopic (exact) mass is 330 g/mol. The van der Waals surface area contributed by atoms with Crippen molar-refractivity contribution in [3.63, 3.8) is 0 Å². The van der Waals surface area contributed by atoms with Crippen LogP contribution in [0.25, 0.3) is 0 Å². The molecule has 1 N–H and O–H groups in total. The predicted molar refractivity (Wildman–Crippen MR) is 94.5 cm³/mol. The van der Waals surface area contributed by atoms with Crippen LogP contribution in [0, 0.1) is 0 Å². The number of halogens is 2. The van der Waals surface area contributed by atoms with E-state index in [1.807, 2.05) is 18.2 Å². The molecule has 0 bridgehead atoms. The van der Waals surface area contributed by atoms with Crippen molar-refractivity contribution >= 4 is 23.2 Å². The highest BCUT2D eigenvalue weighted by atomic mass is 35.5. The lowest BCUT2D eigenvalue weighted by Crippen LogP contribution is -2.31. The summed E-state index contributed by atoms with van der Waals surface area (Å²) in [5.74, 6) is 0. The molecule has 2 atom stereocenters. The molecule has 0 aliphatic carbocycles. The molecule has 2 nitrogen and oxygen atoms in total. The van der Waals surface area contributed by atoms with E-state index in [9.17, 15) is 0 Å². The van der Waals surface area contributed by atoms with Crippen molar-refractivity contribution in [2.45, 2.75) is 52.6 Å². The van der Waals surface area contributed by atoms with Gasteiger partial charge in [-0.15, -0.1) is 0 Å². The summed E-state index contributed by atoms with van der Waals surface area (Å²) in [7, 11) is 0. The second-order valence-corrected chi connectivity index (χ2v) is 6.47. The Morgan fingerprint density at radius 3 is 2.43 bits per heavy atom. The van der Waals surface area contributed by atoms with Gasteiger partial charge in [0.15, 0.2) is 0 Å². The first kappa shape index (κ1) is 18.8. The fourth-order valence-electron chi connectivity index (χ4n) is 2.61. The molecule has 21 heavy (non-hydrogen) atoms. The number of rotatable bonds is 9. The minimum Gasteiger partial charge on any atom is -0.308 e. The van der Waals surface area contributed by atoms with Crippen LogP contribution in [-0.2, 0) is 0 Å². The zero-order valence-electron chi connectivity index (χ0n) is 13.6.